The van der Waals surface area contributed by atoms with Gasteiger partial charge < -0.3 is 24.8 Å². The molecule has 3 N–H and O–H groups in total. The van der Waals surface area contributed by atoms with E-state index in [1.807, 2.05) is 0 Å². The molecule has 5 heteroatoms. The predicted octanol–water partition coefficient (Wildman–Crippen LogP) is 1.06. The zero-order chi connectivity index (χ0) is 11.9. The first-order valence-corrected chi connectivity index (χ1v) is 4.97. The topological polar surface area (TPSA) is 79.2 Å². The summed E-state index contributed by atoms with van der Waals surface area (Å²) >= 11 is 0. The van der Waals surface area contributed by atoms with Crippen molar-refractivity contribution in [3.63, 3.8) is 0 Å². The quantitative estimate of drug-likeness (QED) is 0.624. The summed E-state index contributed by atoms with van der Waals surface area (Å²) in [6, 6.07) is 1.52. The number of phenolic OH excluding ortho intramolecular Hbond substituents is 2. The molecule has 5 nitrogen and oxygen atoms in total. The Morgan fingerprint density at radius 2 is 2.06 bits per heavy atom. The van der Waals surface area contributed by atoms with Crippen molar-refractivity contribution in [2.45, 2.75) is 25.7 Å². The molecule has 0 fully saturated rings. The summed E-state index contributed by atoms with van der Waals surface area (Å²) < 4.78 is 10.2. The average Bonchev–Trinajstić information content (AvgIpc) is 2.28. The number of hydrogen-bond donors (Lipinski definition) is 3. The molecule has 0 aromatic heterocycles. The van der Waals surface area contributed by atoms with E-state index < -0.39 is 6.10 Å². The fraction of sp³-hybridized carbons (Fsp3) is 0.455. The monoisotopic (exact) mass is 226 g/mol. The van der Waals surface area contributed by atoms with Crippen LogP contribution in [0, 0.1) is 0 Å². The van der Waals surface area contributed by atoms with Crippen LogP contribution < -0.4 is 4.74 Å². The van der Waals surface area contributed by atoms with Crippen LogP contribution in [0.15, 0.2) is 6.07 Å². The molecule has 1 aromatic rings. The lowest BCUT2D eigenvalue weighted by Gasteiger charge is -2.29. The van der Waals surface area contributed by atoms with Gasteiger partial charge in [-0.05, 0) is 18.6 Å². The van der Waals surface area contributed by atoms with Gasteiger partial charge in [-0.15, -0.1) is 0 Å². The fourth-order valence-electron chi connectivity index (χ4n) is 1.82. The molecule has 1 heterocycles. The van der Waals surface area contributed by atoms with Gasteiger partial charge in [-0.2, -0.15) is 0 Å². The number of methoxy groups -OCH3 is 1. The van der Waals surface area contributed by atoms with Crippen LogP contribution in [0.5, 0.6) is 17.2 Å². The summed E-state index contributed by atoms with van der Waals surface area (Å²) in [5.74, 6) is -0.476. The third kappa shape index (κ3) is 1.48. The molecular formula is C11H14O5. The molecule has 88 valence electrons. The SMILES string of the molecule is COc1cc2c(c(O)c1O)CO[C@H](C)[C@H]2O. The number of fused-ring (bicyclic) bond motifs is 1. The van der Waals surface area contributed by atoms with Gasteiger partial charge in [-0.3, -0.25) is 0 Å². The minimum atomic E-state index is -0.829. The molecule has 1 aliphatic rings. The number of aliphatic hydroxyl groups is 1. The Morgan fingerprint density at radius 3 is 2.69 bits per heavy atom. The van der Waals surface area contributed by atoms with Crippen LogP contribution in [-0.2, 0) is 11.3 Å². The van der Waals surface area contributed by atoms with Gasteiger partial charge in [0.05, 0.1) is 19.8 Å². The van der Waals surface area contributed by atoms with E-state index in [1.54, 1.807) is 6.92 Å². The van der Waals surface area contributed by atoms with Crippen molar-refractivity contribution in [1.82, 2.24) is 0 Å². The Bertz CT molecular complexity index is 415. The van der Waals surface area contributed by atoms with Crippen molar-refractivity contribution >= 4 is 0 Å². The van der Waals surface area contributed by atoms with Crippen molar-refractivity contribution in [1.29, 1.82) is 0 Å². The van der Waals surface area contributed by atoms with Gasteiger partial charge in [0.25, 0.3) is 0 Å². The van der Waals surface area contributed by atoms with E-state index in [2.05, 4.69) is 0 Å². The Balaban J connectivity index is 2.59. The first-order chi connectivity index (χ1) is 7.56. The summed E-state index contributed by atoms with van der Waals surface area (Å²) in [6.07, 6.45) is -1.18. The maximum absolute atomic E-state index is 9.89. The molecule has 2 rings (SSSR count). The Morgan fingerprint density at radius 1 is 1.38 bits per heavy atom. The van der Waals surface area contributed by atoms with E-state index in [0.29, 0.717) is 11.1 Å². The number of aromatic hydroxyl groups is 2. The lowest BCUT2D eigenvalue weighted by Crippen LogP contribution is -2.25. The lowest BCUT2D eigenvalue weighted by molar-refractivity contribution is -0.0534. The third-order valence-electron chi connectivity index (χ3n) is 2.85. The molecule has 2 atom stereocenters. The molecule has 1 aliphatic heterocycles. The number of ether oxygens (including phenoxy) is 2. The van der Waals surface area contributed by atoms with E-state index in [1.165, 1.54) is 13.2 Å². The van der Waals surface area contributed by atoms with Gasteiger partial charge in [0, 0.05) is 5.56 Å². The smallest absolute Gasteiger partial charge is 0.200 e. The van der Waals surface area contributed by atoms with Crippen LogP contribution in [0.2, 0.25) is 0 Å². The molecule has 0 spiro atoms. The van der Waals surface area contributed by atoms with Crippen molar-refractivity contribution in [2.75, 3.05) is 7.11 Å². The van der Waals surface area contributed by atoms with Crippen LogP contribution in [0.3, 0.4) is 0 Å². The second-order valence-electron chi connectivity index (χ2n) is 3.80. The van der Waals surface area contributed by atoms with Crippen LogP contribution in [0.25, 0.3) is 0 Å². The largest absolute Gasteiger partial charge is 0.504 e. The second kappa shape index (κ2) is 3.84. The molecule has 0 radical (unpaired) electrons. The van der Waals surface area contributed by atoms with E-state index in [4.69, 9.17) is 9.47 Å². The molecule has 0 amide bonds. The molecular weight excluding hydrogens is 212 g/mol. The van der Waals surface area contributed by atoms with Gasteiger partial charge in [0.1, 0.15) is 6.10 Å². The normalized spacial score (nSPS) is 23.9. The Kier molecular flexibility index (Phi) is 2.65. The number of phenols is 2. The van der Waals surface area contributed by atoms with E-state index in [0.717, 1.165) is 0 Å². The summed E-state index contributed by atoms with van der Waals surface area (Å²) in [4.78, 5) is 0. The number of rotatable bonds is 1. The van der Waals surface area contributed by atoms with Crippen molar-refractivity contribution in [3.8, 4) is 17.2 Å². The minimum Gasteiger partial charge on any atom is -0.504 e. The maximum atomic E-state index is 9.89. The fourth-order valence-corrected chi connectivity index (χ4v) is 1.82. The van der Waals surface area contributed by atoms with Crippen LogP contribution in [-0.4, -0.2) is 28.5 Å². The highest BCUT2D eigenvalue weighted by Gasteiger charge is 2.30. The molecule has 0 unspecified atom stereocenters. The zero-order valence-electron chi connectivity index (χ0n) is 9.10. The molecule has 0 saturated carbocycles. The standard InChI is InChI=1S/C11H14O5/c1-5-9(12)6-3-8(15-2)11(14)10(13)7(6)4-16-5/h3,5,9,12-14H,4H2,1-2H3/t5-,9-/m1/s1. The van der Waals surface area contributed by atoms with Gasteiger partial charge in [0.15, 0.2) is 11.5 Å². The summed E-state index contributed by atoms with van der Waals surface area (Å²) in [6.45, 7) is 1.90. The molecule has 0 saturated heterocycles. The highest BCUT2D eigenvalue weighted by Crippen LogP contribution is 2.45. The Hall–Kier alpha value is -1.46. The zero-order valence-corrected chi connectivity index (χ0v) is 9.10. The molecule has 0 bridgehead atoms. The minimum absolute atomic E-state index is 0.143. The van der Waals surface area contributed by atoms with E-state index >= 15 is 0 Å². The Labute approximate surface area is 92.9 Å². The predicted molar refractivity (Wildman–Crippen MR) is 55.5 cm³/mol. The third-order valence-corrected chi connectivity index (χ3v) is 2.85. The first-order valence-electron chi connectivity index (χ1n) is 4.97. The van der Waals surface area contributed by atoms with E-state index in [9.17, 15) is 15.3 Å². The van der Waals surface area contributed by atoms with E-state index in [-0.39, 0.29) is 30.0 Å². The number of aliphatic hydroxyl groups excluding tert-OH is 1. The van der Waals surface area contributed by atoms with Crippen LogP contribution >= 0.6 is 0 Å². The van der Waals surface area contributed by atoms with Crippen molar-refractivity contribution < 1.29 is 24.8 Å². The van der Waals surface area contributed by atoms with Crippen molar-refractivity contribution in [3.05, 3.63) is 17.2 Å². The summed E-state index contributed by atoms with van der Waals surface area (Å²) in [5, 5.41) is 29.2. The van der Waals surface area contributed by atoms with Crippen LogP contribution in [0.1, 0.15) is 24.2 Å². The van der Waals surface area contributed by atoms with Gasteiger partial charge >= 0.3 is 0 Å². The summed E-state index contributed by atoms with van der Waals surface area (Å²) in [7, 11) is 1.38. The molecule has 16 heavy (non-hydrogen) atoms. The highest BCUT2D eigenvalue weighted by molar-refractivity contribution is 5.58. The second-order valence-corrected chi connectivity index (χ2v) is 3.80. The molecule has 0 aliphatic carbocycles. The van der Waals surface area contributed by atoms with Crippen LogP contribution in [0.4, 0.5) is 0 Å². The van der Waals surface area contributed by atoms with Gasteiger partial charge in [-0.1, -0.05) is 0 Å². The van der Waals surface area contributed by atoms with Gasteiger partial charge in [0.2, 0.25) is 5.75 Å². The maximum Gasteiger partial charge on any atom is 0.200 e. The average molecular weight is 226 g/mol. The lowest BCUT2D eigenvalue weighted by atomic mass is 9.95. The number of hydrogen-bond acceptors (Lipinski definition) is 5. The van der Waals surface area contributed by atoms with Gasteiger partial charge in [-0.25, -0.2) is 0 Å². The molecule has 1 aromatic carbocycles. The van der Waals surface area contributed by atoms with Crippen molar-refractivity contribution in [2.24, 2.45) is 0 Å². The summed E-state index contributed by atoms with van der Waals surface area (Å²) in [5.41, 5.74) is 0.940. The number of benzene rings is 1. The first kappa shape index (κ1) is 11.0. The highest BCUT2D eigenvalue weighted by atomic mass is 16.5.